The third-order valence-electron chi connectivity index (χ3n) is 3.23. The van der Waals surface area contributed by atoms with Crippen LogP contribution in [-0.4, -0.2) is 39.2 Å². The highest BCUT2D eigenvalue weighted by Gasteiger charge is 2.32. The molecule has 0 saturated heterocycles. The molecule has 20 heavy (non-hydrogen) atoms. The topological polar surface area (TPSA) is 65.1 Å². The quantitative estimate of drug-likeness (QED) is 0.777. The fourth-order valence-electron chi connectivity index (χ4n) is 2.19. The van der Waals surface area contributed by atoms with Crippen LogP contribution in [0.2, 0.25) is 0 Å². The molecule has 0 saturated carbocycles. The summed E-state index contributed by atoms with van der Waals surface area (Å²) in [6.07, 6.45) is -0.358. The minimum atomic E-state index is -0.448. The number of hydrogen-bond acceptors (Lipinski definition) is 5. The molecule has 2 rings (SSSR count). The number of rotatable bonds is 4. The molecule has 1 heterocycles. The Bertz CT molecular complexity index is 528. The summed E-state index contributed by atoms with van der Waals surface area (Å²) < 4.78 is 15.3. The molecule has 0 fully saturated rings. The van der Waals surface area contributed by atoms with Crippen molar-refractivity contribution in [2.45, 2.75) is 13.0 Å². The number of fused-ring (bicyclic) bond motifs is 1. The Hall–Kier alpha value is -2.08. The Morgan fingerprint density at radius 1 is 1.35 bits per heavy atom. The summed E-state index contributed by atoms with van der Waals surface area (Å²) in [5.41, 5.74) is 1.62. The minimum absolute atomic E-state index is 0.0689. The molecule has 1 aromatic rings. The van der Waals surface area contributed by atoms with Gasteiger partial charge in [0, 0.05) is 18.2 Å². The van der Waals surface area contributed by atoms with Crippen LogP contribution in [0.5, 0.6) is 5.75 Å². The van der Waals surface area contributed by atoms with E-state index in [1.807, 2.05) is 12.1 Å². The van der Waals surface area contributed by atoms with E-state index in [9.17, 15) is 9.59 Å². The van der Waals surface area contributed by atoms with Gasteiger partial charge in [-0.2, -0.15) is 0 Å². The Labute approximate surface area is 117 Å². The number of benzene rings is 1. The smallest absolute Gasteiger partial charge is 0.331 e. The highest BCUT2D eigenvalue weighted by molar-refractivity contribution is 5.94. The van der Waals surface area contributed by atoms with E-state index in [1.54, 1.807) is 18.1 Å². The van der Waals surface area contributed by atoms with Crippen molar-refractivity contribution in [3.63, 3.8) is 0 Å². The molecule has 1 atom stereocenters. The summed E-state index contributed by atoms with van der Waals surface area (Å²) in [6.45, 7) is 1.73. The van der Waals surface area contributed by atoms with Gasteiger partial charge in [0.15, 0.2) is 0 Å². The second kappa shape index (κ2) is 5.92. The lowest BCUT2D eigenvalue weighted by molar-refractivity contribution is -0.147. The van der Waals surface area contributed by atoms with Gasteiger partial charge in [-0.25, -0.2) is 4.79 Å². The molecule has 108 valence electrons. The molecule has 6 nitrogen and oxygen atoms in total. The molecule has 0 bridgehead atoms. The van der Waals surface area contributed by atoms with Crippen LogP contribution < -0.4 is 9.64 Å². The number of esters is 1. The standard InChI is InChI=1S/C14H17NO5/c1-9(16)15-7-13(20-8-14(17)19-3)11-6-10(18-2)4-5-12(11)15/h4-6,13H,7-8H2,1-3H3. The van der Waals surface area contributed by atoms with Crippen LogP contribution >= 0.6 is 0 Å². The van der Waals surface area contributed by atoms with Gasteiger partial charge in [0.05, 0.1) is 20.8 Å². The lowest BCUT2D eigenvalue weighted by atomic mass is 10.1. The highest BCUT2D eigenvalue weighted by Crippen LogP contribution is 2.39. The molecular formula is C14H17NO5. The van der Waals surface area contributed by atoms with Crippen molar-refractivity contribution in [1.82, 2.24) is 0 Å². The van der Waals surface area contributed by atoms with Crippen molar-refractivity contribution in [1.29, 1.82) is 0 Å². The maximum atomic E-state index is 11.7. The number of anilines is 1. The SMILES string of the molecule is COC(=O)COC1CN(C(C)=O)c2ccc(OC)cc21. The van der Waals surface area contributed by atoms with Crippen molar-refractivity contribution in [3.05, 3.63) is 23.8 Å². The average Bonchev–Trinajstić information content (AvgIpc) is 2.82. The van der Waals surface area contributed by atoms with Gasteiger partial charge in [-0.15, -0.1) is 0 Å². The summed E-state index contributed by atoms with van der Waals surface area (Å²) in [5.74, 6) is 0.164. The Kier molecular flexibility index (Phi) is 4.24. The molecule has 1 aromatic carbocycles. The normalized spacial score (nSPS) is 16.8. The molecule has 1 aliphatic rings. The molecule has 6 heteroatoms. The molecular weight excluding hydrogens is 262 g/mol. The van der Waals surface area contributed by atoms with Gasteiger partial charge in [0.25, 0.3) is 0 Å². The molecule has 0 spiro atoms. The van der Waals surface area contributed by atoms with Gasteiger partial charge >= 0.3 is 5.97 Å². The van der Waals surface area contributed by atoms with Crippen molar-refractivity contribution in [2.75, 3.05) is 32.3 Å². The molecule has 1 aliphatic heterocycles. The van der Waals surface area contributed by atoms with E-state index in [0.29, 0.717) is 12.3 Å². The summed E-state index contributed by atoms with van der Waals surface area (Å²) in [4.78, 5) is 24.4. The molecule has 0 N–H and O–H groups in total. The average molecular weight is 279 g/mol. The van der Waals surface area contributed by atoms with E-state index in [4.69, 9.17) is 9.47 Å². The summed E-state index contributed by atoms with van der Waals surface area (Å²) >= 11 is 0. The van der Waals surface area contributed by atoms with Crippen LogP contribution in [-0.2, 0) is 19.1 Å². The number of carbonyl (C=O) groups excluding carboxylic acids is 2. The molecule has 0 aliphatic carbocycles. The zero-order valence-electron chi connectivity index (χ0n) is 11.7. The van der Waals surface area contributed by atoms with E-state index in [0.717, 1.165) is 11.3 Å². The molecule has 0 radical (unpaired) electrons. The van der Waals surface area contributed by atoms with Gasteiger partial charge in [0.1, 0.15) is 18.5 Å². The van der Waals surface area contributed by atoms with Gasteiger partial charge in [-0.1, -0.05) is 0 Å². The van der Waals surface area contributed by atoms with E-state index in [-0.39, 0.29) is 18.6 Å². The van der Waals surface area contributed by atoms with Gasteiger partial charge in [-0.05, 0) is 18.2 Å². The zero-order chi connectivity index (χ0) is 14.7. The first-order valence-corrected chi connectivity index (χ1v) is 6.21. The Balaban J connectivity index is 2.24. The molecule has 1 amide bonds. The van der Waals surface area contributed by atoms with Crippen LogP contribution in [0, 0.1) is 0 Å². The van der Waals surface area contributed by atoms with Gasteiger partial charge in [-0.3, -0.25) is 4.79 Å². The minimum Gasteiger partial charge on any atom is -0.497 e. The van der Waals surface area contributed by atoms with E-state index in [2.05, 4.69) is 4.74 Å². The summed E-state index contributed by atoms with van der Waals surface area (Å²) in [5, 5.41) is 0. The number of methoxy groups -OCH3 is 2. The van der Waals surface area contributed by atoms with Crippen molar-refractivity contribution < 1.29 is 23.8 Å². The van der Waals surface area contributed by atoms with Gasteiger partial charge < -0.3 is 19.1 Å². The van der Waals surface area contributed by atoms with Gasteiger partial charge in [0.2, 0.25) is 5.91 Å². The first-order chi connectivity index (χ1) is 9.56. The Morgan fingerprint density at radius 2 is 2.10 bits per heavy atom. The lowest BCUT2D eigenvalue weighted by Gasteiger charge is -2.15. The van der Waals surface area contributed by atoms with E-state index in [1.165, 1.54) is 14.0 Å². The van der Waals surface area contributed by atoms with Crippen LogP contribution in [0.15, 0.2) is 18.2 Å². The van der Waals surface area contributed by atoms with Crippen molar-refractivity contribution in [3.8, 4) is 5.75 Å². The number of nitrogens with zero attached hydrogens (tertiary/aromatic N) is 1. The van der Waals surface area contributed by atoms with Crippen LogP contribution in [0.4, 0.5) is 5.69 Å². The molecule has 0 aromatic heterocycles. The first kappa shape index (κ1) is 14.3. The van der Waals surface area contributed by atoms with E-state index < -0.39 is 5.97 Å². The number of hydrogen-bond donors (Lipinski definition) is 0. The second-order valence-corrected chi connectivity index (χ2v) is 4.43. The maximum Gasteiger partial charge on any atom is 0.331 e. The number of carbonyl (C=O) groups is 2. The predicted molar refractivity (Wildman–Crippen MR) is 71.7 cm³/mol. The predicted octanol–water partition coefficient (Wildman–Crippen LogP) is 1.29. The monoisotopic (exact) mass is 279 g/mol. The third-order valence-corrected chi connectivity index (χ3v) is 3.23. The second-order valence-electron chi connectivity index (χ2n) is 4.43. The van der Waals surface area contributed by atoms with Crippen molar-refractivity contribution in [2.24, 2.45) is 0 Å². The first-order valence-electron chi connectivity index (χ1n) is 6.21. The Morgan fingerprint density at radius 3 is 2.70 bits per heavy atom. The van der Waals surface area contributed by atoms with Crippen LogP contribution in [0.25, 0.3) is 0 Å². The maximum absolute atomic E-state index is 11.7. The molecule has 1 unspecified atom stereocenters. The largest absolute Gasteiger partial charge is 0.497 e. The van der Waals surface area contributed by atoms with Crippen LogP contribution in [0.3, 0.4) is 0 Å². The zero-order valence-corrected chi connectivity index (χ0v) is 11.7. The highest BCUT2D eigenvalue weighted by atomic mass is 16.6. The lowest BCUT2D eigenvalue weighted by Crippen LogP contribution is -2.28. The van der Waals surface area contributed by atoms with E-state index >= 15 is 0 Å². The van der Waals surface area contributed by atoms with Crippen molar-refractivity contribution >= 4 is 17.6 Å². The fraction of sp³-hybridized carbons (Fsp3) is 0.429. The third kappa shape index (κ3) is 2.75. The fourth-order valence-corrected chi connectivity index (χ4v) is 2.19. The summed E-state index contributed by atoms with van der Waals surface area (Å²) in [6, 6.07) is 5.43. The number of ether oxygens (including phenoxy) is 3. The number of amides is 1. The van der Waals surface area contributed by atoms with Crippen LogP contribution in [0.1, 0.15) is 18.6 Å². The summed E-state index contributed by atoms with van der Waals surface area (Å²) in [7, 11) is 2.88.